The van der Waals surface area contributed by atoms with E-state index < -0.39 is 10.1 Å². The first-order valence-electron chi connectivity index (χ1n) is 6.63. The topological polar surface area (TPSA) is 52.6 Å². The van der Waals surface area contributed by atoms with Crippen LogP contribution >= 0.6 is 0 Å². The van der Waals surface area contributed by atoms with Gasteiger partial charge in [0.2, 0.25) is 0 Å². The lowest BCUT2D eigenvalue weighted by Crippen LogP contribution is -2.11. The Morgan fingerprint density at radius 2 is 1.48 bits per heavy atom. The smallest absolute Gasteiger partial charge is 0.264 e. The molecule has 0 bridgehead atoms. The molecule has 0 aliphatic heterocycles. The number of hydrogen-bond acceptors (Lipinski definition) is 4. The van der Waals surface area contributed by atoms with Gasteiger partial charge in [-0.15, -0.1) is 0 Å². The number of benzene rings is 2. The molecular formula is C16H18O4S. The number of hydrogen-bond donors (Lipinski definition) is 0. The highest BCUT2D eigenvalue weighted by Crippen LogP contribution is 2.15. The zero-order chi connectivity index (χ0) is 15.1. The average molecular weight is 306 g/mol. The summed E-state index contributed by atoms with van der Waals surface area (Å²) in [4.78, 5) is 0. The zero-order valence-corrected chi connectivity index (χ0v) is 12.7. The second-order valence-electron chi connectivity index (χ2n) is 4.68. The first kappa shape index (κ1) is 15.5. The molecule has 2 aromatic rings. The maximum Gasteiger partial charge on any atom is 0.264 e. The highest BCUT2D eigenvalue weighted by Gasteiger charge is 2.02. The fourth-order valence-electron chi connectivity index (χ4n) is 1.88. The van der Waals surface area contributed by atoms with Gasteiger partial charge in [-0.2, -0.15) is 8.42 Å². The van der Waals surface area contributed by atoms with Crippen LogP contribution < -0.4 is 4.74 Å². The molecule has 5 heteroatoms. The Labute approximate surface area is 125 Å². The van der Waals surface area contributed by atoms with Crippen LogP contribution in [0.5, 0.6) is 5.75 Å². The average Bonchev–Trinajstić information content (AvgIpc) is 2.45. The lowest BCUT2D eigenvalue weighted by atomic mass is 10.1. The summed E-state index contributed by atoms with van der Waals surface area (Å²) >= 11 is 0. The summed E-state index contributed by atoms with van der Waals surface area (Å²) in [6, 6.07) is 18.0. The van der Waals surface area contributed by atoms with Crippen LogP contribution in [0.25, 0.3) is 0 Å². The van der Waals surface area contributed by atoms with Crippen molar-refractivity contribution in [1.29, 1.82) is 0 Å². The molecule has 0 radical (unpaired) electrons. The van der Waals surface area contributed by atoms with E-state index in [1.54, 1.807) is 0 Å². The van der Waals surface area contributed by atoms with Crippen LogP contribution in [0.15, 0.2) is 54.6 Å². The first-order valence-corrected chi connectivity index (χ1v) is 8.45. The third kappa shape index (κ3) is 5.97. The van der Waals surface area contributed by atoms with Gasteiger partial charge in [0.05, 0.1) is 6.26 Å². The Kier molecular flexibility index (Phi) is 5.36. The summed E-state index contributed by atoms with van der Waals surface area (Å²) in [5, 5.41) is 0. The van der Waals surface area contributed by atoms with E-state index in [-0.39, 0.29) is 13.2 Å². The van der Waals surface area contributed by atoms with Crippen molar-refractivity contribution >= 4 is 10.1 Å². The van der Waals surface area contributed by atoms with Crippen LogP contribution in [0.3, 0.4) is 0 Å². The summed E-state index contributed by atoms with van der Waals surface area (Å²) in [6.07, 6.45) is 1.89. The van der Waals surface area contributed by atoms with Gasteiger partial charge in [0.15, 0.2) is 0 Å². The van der Waals surface area contributed by atoms with Crippen molar-refractivity contribution in [3.63, 3.8) is 0 Å². The number of rotatable bonds is 7. The molecule has 0 fully saturated rings. The van der Waals surface area contributed by atoms with Gasteiger partial charge in [-0.05, 0) is 29.7 Å². The summed E-state index contributed by atoms with van der Waals surface area (Å²) in [7, 11) is -3.40. The Morgan fingerprint density at radius 3 is 2.10 bits per heavy atom. The van der Waals surface area contributed by atoms with Gasteiger partial charge < -0.3 is 4.74 Å². The predicted octanol–water partition coefficient (Wildman–Crippen LogP) is 2.63. The minimum atomic E-state index is -3.40. The van der Waals surface area contributed by atoms with Gasteiger partial charge in [-0.25, -0.2) is 0 Å². The van der Waals surface area contributed by atoms with Gasteiger partial charge in [-0.1, -0.05) is 42.5 Å². The molecule has 4 nitrogen and oxygen atoms in total. The molecule has 0 aromatic heterocycles. The monoisotopic (exact) mass is 306 g/mol. The Bertz CT molecular complexity index is 648. The largest absolute Gasteiger partial charge is 0.491 e. The van der Waals surface area contributed by atoms with Gasteiger partial charge in [0, 0.05) is 0 Å². The second kappa shape index (κ2) is 7.24. The molecule has 2 aromatic carbocycles. The summed E-state index contributed by atoms with van der Waals surface area (Å²) in [5.41, 5.74) is 2.45. The molecule has 0 unspecified atom stereocenters. The van der Waals surface area contributed by atoms with Crippen molar-refractivity contribution in [1.82, 2.24) is 0 Å². The van der Waals surface area contributed by atoms with E-state index in [1.165, 1.54) is 11.1 Å². The summed E-state index contributed by atoms with van der Waals surface area (Å²) < 4.78 is 31.6. The molecule has 21 heavy (non-hydrogen) atoms. The highest BCUT2D eigenvalue weighted by molar-refractivity contribution is 7.85. The van der Waals surface area contributed by atoms with Crippen molar-refractivity contribution in [3.05, 3.63) is 65.7 Å². The quantitative estimate of drug-likeness (QED) is 0.583. The van der Waals surface area contributed by atoms with Crippen molar-refractivity contribution < 1.29 is 17.3 Å². The maximum atomic E-state index is 10.8. The van der Waals surface area contributed by atoms with E-state index in [1.807, 2.05) is 42.5 Å². The lowest BCUT2D eigenvalue weighted by molar-refractivity contribution is 0.222. The molecule has 0 N–H and O–H groups in total. The van der Waals surface area contributed by atoms with Crippen LogP contribution in [0.1, 0.15) is 11.1 Å². The fourth-order valence-corrected chi connectivity index (χ4v) is 2.25. The van der Waals surface area contributed by atoms with E-state index in [0.717, 1.165) is 12.7 Å². The minimum Gasteiger partial charge on any atom is -0.491 e. The molecular weight excluding hydrogens is 288 g/mol. The van der Waals surface area contributed by atoms with Crippen LogP contribution in [-0.2, 0) is 20.7 Å². The van der Waals surface area contributed by atoms with E-state index in [4.69, 9.17) is 4.74 Å². The van der Waals surface area contributed by atoms with Crippen LogP contribution in [0.2, 0.25) is 0 Å². The predicted molar refractivity (Wildman–Crippen MR) is 82.0 cm³/mol. The van der Waals surface area contributed by atoms with Crippen molar-refractivity contribution in [3.8, 4) is 5.75 Å². The van der Waals surface area contributed by atoms with Crippen LogP contribution in [-0.4, -0.2) is 27.9 Å². The Morgan fingerprint density at radius 1 is 0.857 bits per heavy atom. The third-order valence-corrected chi connectivity index (χ3v) is 3.42. The number of ether oxygens (including phenoxy) is 1. The molecule has 0 saturated heterocycles. The van der Waals surface area contributed by atoms with Crippen molar-refractivity contribution in [2.75, 3.05) is 19.5 Å². The molecule has 0 atom stereocenters. The molecule has 0 heterocycles. The molecule has 0 amide bonds. The van der Waals surface area contributed by atoms with E-state index >= 15 is 0 Å². The van der Waals surface area contributed by atoms with Gasteiger partial charge in [-0.3, -0.25) is 4.18 Å². The summed E-state index contributed by atoms with van der Waals surface area (Å²) in [5.74, 6) is 0.698. The normalized spacial score (nSPS) is 11.3. The van der Waals surface area contributed by atoms with Crippen molar-refractivity contribution in [2.24, 2.45) is 0 Å². The fraction of sp³-hybridized carbons (Fsp3) is 0.250. The lowest BCUT2D eigenvalue weighted by Gasteiger charge is -2.07. The van der Waals surface area contributed by atoms with Crippen LogP contribution in [0.4, 0.5) is 0 Å². The van der Waals surface area contributed by atoms with Gasteiger partial charge in [0.1, 0.15) is 19.0 Å². The Balaban J connectivity index is 1.82. The third-order valence-electron chi connectivity index (χ3n) is 2.82. The van der Waals surface area contributed by atoms with Gasteiger partial charge in [0.25, 0.3) is 10.1 Å². The summed E-state index contributed by atoms with van der Waals surface area (Å²) in [6.45, 7) is 0.218. The highest BCUT2D eigenvalue weighted by atomic mass is 32.2. The molecule has 0 spiro atoms. The molecule has 2 rings (SSSR count). The van der Waals surface area contributed by atoms with Crippen LogP contribution in [0, 0.1) is 0 Å². The van der Waals surface area contributed by atoms with Gasteiger partial charge >= 0.3 is 0 Å². The minimum absolute atomic E-state index is 0.0185. The standard InChI is InChI=1S/C16H18O4S/c1-21(17,18)20-12-11-19-16-9-7-15(8-10-16)13-14-5-3-2-4-6-14/h2-10H,11-13H2,1H3. The zero-order valence-electron chi connectivity index (χ0n) is 11.9. The molecule has 0 aliphatic carbocycles. The maximum absolute atomic E-state index is 10.8. The second-order valence-corrected chi connectivity index (χ2v) is 6.32. The SMILES string of the molecule is CS(=O)(=O)OCCOc1ccc(Cc2ccccc2)cc1. The van der Waals surface area contributed by atoms with E-state index in [9.17, 15) is 8.42 Å². The molecule has 0 aliphatic rings. The van der Waals surface area contributed by atoms with E-state index in [2.05, 4.69) is 16.3 Å². The van der Waals surface area contributed by atoms with E-state index in [0.29, 0.717) is 5.75 Å². The first-order chi connectivity index (χ1) is 10.0. The molecule has 112 valence electrons. The molecule has 0 saturated carbocycles. The van der Waals surface area contributed by atoms with Crippen molar-refractivity contribution in [2.45, 2.75) is 6.42 Å². The Hall–Kier alpha value is -1.85.